The molecule has 0 bridgehead atoms. The lowest BCUT2D eigenvalue weighted by molar-refractivity contribution is -0.125. The summed E-state index contributed by atoms with van der Waals surface area (Å²) in [5.74, 6) is -0.0323. The van der Waals surface area contributed by atoms with Crippen molar-refractivity contribution in [3.8, 4) is 5.75 Å². The highest BCUT2D eigenvalue weighted by molar-refractivity contribution is 5.94. The standard InChI is InChI=1S/C11H11NO4/c13-8-6-10(14)12(7-8)11(15)16-9-4-2-1-3-5-9/h1-5,8,13H,6-7H2. The summed E-state index contributed by atoms with van der Waals surface area (Å²) in [4.78, 5) is 23.7. The molecule has 0 radical (unpaired) electrons. The van der Waals surface area contributed by atoms with Crippen LogP contribution < -0.4 is 4.74 Å². The quantitative estimate of drug-likeness (QED) is 0.760. The molecule has 0 aromatic heterocycles. The van der Waals surface area contributed by atoms with Crippen LogP contribution in [0, 0.1) is 0 Å². The summed E-state index contributed by atoms with van der Waals surface area (Å²) < 4.78 is 4.97. The van der Waals surface area contributed by atoms with Crippen LogP contribution in [0.1, 0.15) is 6.42 Å². The van der Waals surface area contributed by atoms with Crippen LogP contribution in [0.25, 0.3) is 0 Å². The molecule has 1 aliphatic rings. The molecule has 1 aromatic rings. The number of hydrogen-bond acceptors (Lipinski definition) is 4. The Hall–Kier alpha value is -1.88. The molecule has 5 heteroatoms. The molecular formula is C11H11NO4. The third kappa shape index (κ3) is 2.20. The average Bonchev–Trinajstić information content (AvgIpc) is 2.59. The summed E-state index contributed by atoms with van der Waals surface area (Å²) in [5, 5.41) is 9.21. The molecular weight excluding hydrogens is 210 g/mol. The van der Waals surface area contributed by atoms with Crippen molar-refractivity contribution in [2.45, 2.75) is 12.5 Å². The fraction of sp³-hybridized carbons (Fsp3) is 0.273. The van der Waals surface area contributed by atoms with E-state index in [9.17, 15) is 14.7 Å². The molecule has 0 spiro atoms. The van der Waals surface area contributed by atoms with Gasteiger partial charge in [0.2, 0.25) is 5.91 Å². The number of para-hydroxylation sites is 1. The summed E-state index contributed by atoms with van der Waals surface area (Å²) in [5.41, 5.74) is 0. The summed E-state index contributed by atoms with van der Waals surface area (Å²) in [6, 6.07) is 8.48. The maximum Gasteiger partial charge on any atom is 0.422 e. The van der Waals surface area contributed by atoms with Gasteiger partial charge in [-0.2, -0.15) is 0 Å². The van der Waals surface area contributed by atoms with Crippen LogP contribution in [0.2, 0.25) is 0 Å². The molecule has 1 N–H and O–H groups in total. The maximum atomic E-state index is 11.5. The van der Waals surface area contributed by atoms with E-state index in [4.69, 9.17) is 4.74 Å². The number of likely N-dealkylation sites (tertiary alicyclic amines) is 1. The van der Waals surface area contributed by atoms with Gasteiger partial charge in [0, 0.05) is 0 Å². The van der Waals surface area contributed by atoms with Crippen molar-refractivity contribution in [2.24, 2.45) is 0 Å². The van der Waals surface area contributed by atoms with Gasteiger partial charge in [-0.3, -0.25) is 4.79 Å². The van der Waals surface area contributed by atoms with Gasteiger partial charge in [-0.25, -0.2) is 9.69 Å². The SMILES string of the molecule is O=C1CC(O)CN1C(=O)Oc1ccccc1. The maximum absolute atomic E-state index is 11.5. The first-order valence-corrected chi connectivity index (χ1v) is 4.92. The lowest BCUT2D eigenvalue weighted by Gasteiger charge is -2.13. The van der Waals surface area contributed by atoms with Crippen LogP contribution in [0.5, 0.6) is 5.75 Å². The first-order valence-electron chi connectivity index (χ1n) is 4.92. The first kappa shape index (κ1) is 10.6. The van der Waals surface area contributed by atoms with Gasteiger partial charge in [-0.05, 0) is 12.1 Å². The van der Waals surface area contributed by atoms with Crippen molar-refractivity contribution in [3.63, 3.8) is 0 Å². The van der Waals surface area contributed by atoms with Crippen LogP contribution >= 0.6 is 0 Å². The number of ether oxygens (including phenoxy) is 1. The normalized spacial score (nSPS) is 19.9. The number of aliphatic hydroxyl groups excluding tert-OH is 1. The zero-order valence-corrected chi connectivity index (χ0v) is 8.50. The Kier molecular flexibility index (Phi) is 2.87. The van der Waals surface area contributed by atoms with Gasteiger partial charge in [-0.1, -0.05) is 18.2 Å². The van der Waals surface area contributed by atoms with E-state index in [1.165, 1.54) is 0 Å². The van der Waals surface area contributed by atoms with Crippen LogP contribution in [0.3, 0.4) is 0 Å². The number of benzene rings is 1. The predicted octanol–water partition coefficient (Wildman–Crippen LogP) is 0.779. The average molecular weight is 221 g/mol. The Balaban J connectivity index is 2.01. The molecule has 1 unspecified atom stereocenters. The van der Waals surface area contributed by atoms with E-state index >= 15 is 0 Å². The largest absolute Gasteiger partial charge is 0.422 e. The lowest BCUT2D eigenvalue weighted by Crippen LogP contribution is -2.35. The minimum atomic E-state index is -0.782. The minimum Gasteiger partial charge on any atom is -0.410 e. The number of nitrogens with zero attached hydrogens (tertiary/aromatic N) is 1. The van der Waals surface area contributed by atoms with Gasteiger partial charge in [0.1, 0.15) is 5.75 Å². The Labute approximate surface area is 92.2 Å². The summed E-state index contributed by atoms with van der Waals surface area (Å²) in [7, 11) is 0. The van der Waals surface area contributed by atoms with E-state index in [-0.39, 0.29) is 13.0 Å². The number of hydrogen-bond donors (Lipinski definition) is 1. The molecule has 1 heterocycles. The highest BCUT2D eigenvalue weighted by Gasteiger charge is 2.33. The van der Waals surface area contributed by atoms with E-state index < -0.39 is 18.1 Å². The van der Waals surface area contributed by atoms with Gasteiger partial charge in [-0.15, -0.1) is 0 Å². The molecule has 1 saturated heterocycles. The van der Waals surface area contributed by atoms with E-state index in [0.717, 1.165) is 4.90 Å². The molecule has 1 aromatic carbocycles. The molecule has 1 aliphatic heterocycles. The van der Waals surface area contributed by atoms with Crippen LogP contribution in [-0.4, -0.2) is 34.7 Å². The Morgan fingerprint density at radius 1 is 1.38 bits per heavy atom. The van der Waals surface area contributed by atoms with Crippen molar-refractivity contribution < 1.29 is 19.4 Å². The molecule has 0 aliphatic carbocycles. The Bertz CT molecular complexity index is 404. The van der Waals surface area contributed by atoms with Crippen molar-refractivity contribution in [2.75, 3.05) is 6.54 Å². The monoisotopic (exact) mass is 221 g/mol. The number of β-amino-alcohol motifs (C(OH)–C–C–N with tert-alkyl or cyclic N) is 1. The zero-order valence-electron chi connectivity index (χ0n) is 8.50. The first-order chi connectivity index (χ1) is 7.66. The molecule has 0 saturated carbocycles. The van der Waals surface area contributed by atoms with Gasteiger partial charge >= 0.3 is 6.09 Å². The topological polar surface area (TPSA) is 66.8 Å². The number of amides is 2. The lowest BCUT2D eigenvalue weighted by atomic mass is 10.3. The second kappa shape index (κ2) is 4.32. The fourth-order valence-corrected chi connectivity index (χ4v) is 1.51. The fourth-order valence-electron chi connectivity index (χ4n) is 1.51. The molecule has 1 atom stereocenters. The van der Waals surface area contributed by atoms with E-state index in [2.05, 4.69) is 0 Å². The molecule has 1 fully saturated rings. The minimum absolute atomic E-state index is 0.00446. The number of carbonyl (C=O) groups excluding carboxylic acids is 2. The molecule has 5 nitrogen and oxygen atoms in total. The van der Waals surface area contributed by atoms with Crippen LogP contribution in [0.4, 0.5) is 4.79 Å². The Morgan fingerprint density at radius 3 is 2.62 bits per heavy atom. The molecule has 84 valence electrons. The number of imide groups is 1. The Morgan fingerprint density at radius 2 is 2.06 bits per heavy atom. The molecule has 16 heavy (non-hydrogen) atoms. The van der Waals surface area contributed by atoms with Crippen molar-refractivity contribution in [3.05, 3.63) is 30.3 Å². The third-order valence-electron chi connectivity index (χ3n) is 2.27. The zero-order chi connectivity index (χ0) is 11.5. The summed E-state index contributed by atoms with van der Waals surface area (Å²) >= 11 is 0. The number of carbonyl (C=O) groups is 2. The number of aliphatic hydroxyl groups is 1. The summed E-state index contributed by atoms with van der Waals surface area (Å²) in [6.45, 7) is 0.00446. The van der Waals surface area contributed by atoms with Gasteiger partial charge < -0.3 is 9.84 Å². The van der Waals surface area contributed by atoms with Gasteiger partial charge in [0.25, 0.3) is 0 Å². The van der Waals surface area contributed by atoms with E-state index in [1.807, 2.05) is 0 Å². The third-order valence-corrected chi connectivity index (χ3v) is 2.27. The second-order valence-corrected chi connectivity index (χ2v) is 3.54. The number of rotatable bonds is 1. The summed E-state index contributed by atoms with van der Waals surface area (Å²) in [6.07, 6.45) is -1.55. The highest BCUT2D eigenvalue weighted by Crippen LogP contribution is 2.15. The predicted molar refractivity (Wildman–Crippen MR) is 54.8 cm³/mol. The van der Waals surface area contributed by atoms with E-state index in [1.54, 1.807) is 30.3 Å². The van der Waals surface area contributed by atoms with Crippen molar-refractivity contribution >= 4 is 12.0 Å². The highest BCUT2D eigenvalue weighted by atomic mass is 16.6. The second-order valence-electron chi connectivity index (χ2n) is 3.54. The van der Waals surface area contributed by atoms with Crippen LogP contribution in [0.15, 0.2) is 30.3 Å². The smallest absolute Gasteiger partial charge is 0.410 e. The molecule has 2 rings (SSSR count). The van der Waals surface area contributed by atoms with Gasteiger partial charge in [0.05, 0.1) is 19.1 Å². The van der Waals surface area contributed by atoms with Crippen molar-refractivity contribution in [1.29, 1.82) is 0 Å². The van der Waals surface area contributed by atoms with Crippen molar-refractivity contribution in [1.82, 2.24) is 4.90 Å². The van der Waals surface area contributed by atoms with Gasteiger partial charge in [0.15, 0.2) is 0 Å². The molecule has 2 amide bonds. The van der Waals surface area contributed by atoms with E-state index in [0.29, 0.717) is 5.75 Å². The van der Waals surface area contributed by atoms with Crippen LogP contribution in [-0.2, 0) is 4.79 Å².